The summed E-state index contributed by atoms with van der Waals surface area (Å²) < 4.78 is 10.7. The first-order chi connectivity index (χ1) is 10.3. The van der Waals surface area contributed by atoms with Crippen LogP contribution in [0.4, 0.5) is 5.95 Å². The van der Waals surface area contributed by atoms with Crippen LogP contribution in [0, 0.1) is 0 Å². The maximum Gasteiger partial charge on any atom is 0.324 e. The fraction of sp³-hybridized carbons (Fsp3) is 0.385. The van der Waals surface area contributed by atoms with E-state index in [4.69, 9.17) is 15.3 Å². The molecule has 2 aromatic heterocycles. The maximum atomic E-state index is 5.50. The second kappa shape index (κ2) is 7.95. The number of aromatic nitrogens is 4. The van der Waals surface area contributed by atoms with Gasteiger partial charge in [-0.15, -0.1) is 4.98 Å². The molecular weight excluding hydrogens is 272 g/mol. The average Bonchev–Trinajstić information content (AvgIpc) is 2.53. The van der Waals surface area contributed by atoms with Crippen molar-refractivity contribution < 1.29 is 9.47 Å². The molecule has 0 saturated carbocycles. The van der Waals surface area contributed by atoms with Gasteiger partial charge in [-0.25, -0.2) is 5.84 Å². The molecule has 2 aromatic rings. The smallest absolute Gasteiger partial charge is 0.324 e. The molecule has 0 spiro atoms. The van der Waals surface area contributed by atoms with Gasteiger partial charge in [0, 0.05) is 12.4 Å². The molecule has 0 aliphatic heterocycles. The van der Waals surface area contributed by atoms with Crippen LogP contribution >= 0.6 is 0 Å². The number of hydrazine groups is 1. The normalized spacial score (nSPS) is 10.2. The summed E-state index contributed by atoms with van der Waals surface area (Å²) in [6, 6.07) is 4.33. The van der Waals surface area contributed by atoms with Crippen LogP contribution in [0.3, 0.4) is 0 Å². The first-order valence-corrected chi connectivity index (χ1v) is 6.69. The highest BCUT2D eigenvalue weighted by molar-refractivity contribution is 5.25. The molecule has 0 amide bonds. The molecule has 0 bridgehead atoms. The second-order valence-corrected chi connectivity index (χ2v) is 4.11. The number of hydrogen-bond donors (Lipinski definition) is 2. The highest BCUT2D eigenvalue weighted by atomic mass is 16.5. The summed E-state index contributed by atoms with van der Waals surface area (Å²) in [7, 11) is 0. The van der Waals surface area contributed by atoms with Crippen molar-refractivity contribution in [1.82, 2.24) is 19.9 Å². The molecule has 0 aliphatic carbocycles. The first-order valence-electron chi connectivity index (χ1n) is 6.69. The van der Waals surface area contributed by atoms with Gasteiger partial charge in [0.25, 0.3) is 0 Å². The summed E-state index contributed by atoms with van der Waals surface area (Å²) in [5.41, 5.74) is 3.56. The second-order valence-electron chi connectivity index (χ2n) is 4.11. The molecule has 0 unspecified atom stereocenters. The summed E-state index contributed by atoms with van der Waals surface area (Å²) in [6.07, 6.45) is 5.28. The van der Waals surface area contributed by atoms with Crippen molar-refractivity contribution in [1.29, 1.82) is 0 Å². The number of nitrogen functional groups attached to an aromatic ring is 1. The lowest BCUT2D eigenvalue weighted by molar-refractivity contribution is 0.266. The minimum absolute atomic E-state index is 0.185. The van der Waals surface area contributed by atoms with Gasteiger partial charge in [-0.1, -0.05) is 0 Å². The van der Waals surface area contributed by atoms with Gasteiger partial charge in [0.15, 0.2) is 0 Å². The van der Waals surface area contributed by atoms with Crippen LogP contribution in [0.2, 0.25) is 0 Å². The predicted octanol–water partition coefficient (Wildman–Crippen LogP) is 0.962. The van der Waals surface area contributed by atoms with Crippen molar-refractivity contribution in [2.75, 3.05) is 18.6 Å². The van der Waals surface area contributed by atoms with E-state index in [1.807, 2.05) is 19.1 Å². The van der Waals surface area contributed by atoms with Gasteiger partial charge in [-0.05, 0) is 37.5 Å². The lowest BCUT2D eigenvalue weighted by atomic mass is 10.1. The molecule has 112 valence electrons. The summed E-state index contributed by atoms with van der Waals surface area (Å²) in [4.78, 5) is 16.0. The zero-order valence-corrected chi connectivity index (χ0v) is 11.8. The molecule has 2 heterocycles. The van der Waals surface area contributed by atoms with Crippen LogP contribution < -0.4 is 20.7 Å². The number of aryl methyl sites for hydroxylation is 1. The minimum atomic E-state index is 0.185. The molecule has 0 aliphatic rings. The van der Waals surface area contributed by atoms with E-state index in [0.29, 0.717) is 13.2 Å². The van der Waals surface area contributed by atoms with Crippen LogP contribution in [0.15, 0.2) is 24.5 Å². The van der Waals surface area contributed by atoms with Gasteiger partial charge in [0.1, 0.15) is 0 Å². The molecule has 8 nitrogen and oxygen atoms in total. The van der Waals surface area contributed by atoms with Gasteiger partial charge in [0.2, 0.25) is 5.95 Å². The van der Waals surface area contributed by atoms with Gasteiger partial charge in [-0.3, -0.25) is 10.4 Å². The number of hydrogen-bond acceptors (Lipinski definition) is 8. The van der Waals surface area contributed by atoms with Gasteiger partial charge >= 0.3 is 12.0 Å². The third kappa shape index (κ3) is 4.84. The summed E-state index contributed by atoms with van der Waals surface area (Å²) in [6.45, 7) is 2.78. The molecule has 3 N–H and O–H groups in total. The van der Waals surface area contributed by atoms with Gasteiger partial charge < -0.3 is 9.47 Å². The number of pyridine rings is 1. The Bertz CT molecular complexity index is 552. The number of nitrogens with two attached hydrogens (primary N) is 1. The zero-order chi connectivity index (χ0) is 14.9. The predicted molar refractivity (Wildman–Crippen MR) is 76.9 cm³/mol. The highest BCUT2D eigenvalue weighted by Crippen LogP contribution is 2.12. The number of nitrogens with zero attached hydrogens (tertiary/aromatic N) is 4. The molecular formula is C13H18N6O2. The Morgan fingerprint density at radius 1 is 1.10 bits per heavy atom. The topological polar surface area (TPSA) is 108 Å². The lowest BCUT2D eigenvalue weighted by Crippen LogP contribution is -2.13. The van der Waals surface area contributed by atoms with E-state index in [0.717, 1.165) is 12.8 Å². The molecule has 0 radical (unpaired) electrons. The Kier molecular flexibility index (Phi) is 5.65. The molecule has 8 heteroatoms. The van der Waals surface area contributed by atoms with E-state index in [1.165, 1.54) is 5.56 Å². The molecule has 0 aromatic carbocycles. The quantitative estimate of drug-likeness (QED) is 0.420. The Balaban J connectivity index is 1.86. The van der Waals surface area contributed by atoms with Crippen molar-refractivity contribution in [3.05, 3.63) is 30.1 Å². The standard InChI is InChI=1S/C13H18N6O2/c1-2-20-12-16-11(19-14)17-13(18-12)21-9-3-4-10-5-7-15-8-6-10/h5-8H,2-4,9,14H2,1H3,(H,16,17,18,19). The minimum Gasteiger partial charge on any atom is -0.464 e. The average molecular weight is 290 g/mol. The third-order valence-electron chi connectivity index (χ3n) is 2.59. The van der Waals surface area contributed by atoms with Crippen LogP contribution in [-0.2, 0) is 6.42 Å². The Morgan fingerprint density at radius 3 is 2.48 bits per heavy atom. The fourth-order valence-corrected chi connectivity index (χ4v) is 1.65. The Morgan fingerprint density at radius 2 is 1.81 bits per heavy atom. The van der Waals surface area contributed by atoms with E-state index in [1.54, 1.807) is 12.4 Å². The highest BCUT2D eigenvalue weighted by Gasteiger charge is 2.07. The van der Waals surface area contributed by atoms with Gasteiger partial charge in [0.05, 0.1) is 13.2 Å². The monoisotopic (exact) mass is 290 g/mol. The van der Waals surface area contributed by atoms with Crippen LogP contribution in [0.5, 0.6) is 12.0 Å². The van der Waals surface area contributed by atoms with E-state index in [9.17, 15) is 0 Å². The number of rotatable bonds is 8. The Labute approximate surface area is 122 Å². The van der Waals surface area contributed by atoms with Crippen molar-refractivity contribution in [3.63, 3.8) is 0 Å². The van der Waals surface area contributed by atoms with E-state index < -0.39 is 0 Å². The number of ether oxygens (including phenoxy) is 2. The largest absolute Gasteiger partial charge is 0.464 e. The molecule has 0 fully saturated rings. The fourth-order valence-electron chi connectivity index (χ4n) is 1.65. The molecule has 2 rings (SSSR count). The SMILES string of the molecule is CCOc1nc(NN)nc(OCCCc2ccncc2)n1. The van der Waals surface area contributed by atoms with E-state index in [2.05, 4.69) is 25.4 Å². The number of nitrogens with one attached hydrogen (secondary N) is 1. The molecule has 21 heavy (non-hydrogen) atoms. The van der Waals surface area contributed by atoms with Crippen LogP contribution in [-0.4, -0.2) is 33.1 Å². The summed E-state index contributed by atoms with van der Waals surface area (Å²) >= 11 is 0. The molecule has 0 saturated heterocycles. The Hall–Kier alpha value is -2.48. The third-order valence-corrected chi connectivity index (χ3v) is 2.59. The van der Waals surface area contributed by atoms with Crippen LogP contribution in [0.25, 0.3) is 0 Å². The van der Waals surface area contributed by atoms with Gasteiger partial charge in [-0.2, -0.15) is 9.97 Å². The maximum absolute atomic E-state index is 5.50. The van der Waals surface area contributed by atoms with Crippen molar-refractivity contribution in [3.8, 4) is 12.0 Å². The van der Waals surface area contributed by atoms with Crippen molar-refractivity contribution >= 4 is 5.95 Å². The summed E-state index contributed by atoms with van der Waals surface area (Å²) in [5.74, 6) is 5.50. The number of anilines is 1. The van der Waals surface area contributed by atoms with Crippen molar-refractivity contribution in [2.24, 2.45) is 5.84 Å². The van der Waals surface area contributed by atoms with E-state index >= 15 is 0 Å². The molecule has 0 atom stereocenters. The summed E-state index contributed by atoms with van der Waals surface area (Å²) in [5, 5.41) is 0. The van der Waals surface area contributed by atoms with Crippen LogP contribution in [0.1, 0.15) is 18.9 Å². The van der Waals surface area contributed by atoms with Crippen molar-refractivity contribution in [2.45, 2.75) is 19.8 Å². The first kappa shape index (κ1) is 14.9. The zero-order valence-electron chi connectivity index (χ0n) is 11.8. The van der Waals surface area contributed by atoms with E-state index in [-0.39, 0.29) is 18.0 Å². The lowest BCUT2D eigenvalue weighted by Gasteiger charge is -2.08.